The molecule has 136 valence electrons. The van der Waals surface area contributed by atoms with Gasteiger partial charge in [0.25, 0.3) is 0 Å². The summed E-state index contributed by atoms with van der Waals surface area (Å²) < 4.78 is 0. The average molecular weight is 349 g/mol. The number of carbonyl (C=O) groups is 1. The lowest BCUT2D eigenvalue weighted by molar-refractivity contribution is -0.121. The van der Waals surface area contributed by atoms with Gasteiger partial charge in [-0.3, -0.25) is 4.79 Å². The first-order valence-electron chi connectivity index (χ1n) is 9.30. The molecular weight excluding hydrogens is 322 g/mol. The van der Waals surface area contributed by atoms with Crippen molar-refractivity contribution in [3.8, 4) is 0 Å². The fourth-order valence-corrected chi connectivity index (χ4v) is 3.39. The third-order valence-electron chi connectivity index (χ3n) is 4.84. The van der Waals surface area contributed by atoms with E-state index in [-0.39, 0.29) is 11.9 Å². The highest BCUT2D eigenvalue weighted by Crippen LogP contribution is 2.19. The highest BCUT2D eigenvalue weighted by Gasteiger charge is 2.12. The van der Waals surface area contributed by atoms with E-state index >= 15 is 0 Å². The third kappa shape index (κ3) is 4.13. The largest absolute Gasteiger partial charge is 0.350 e. The maximum atomic E-state index is 12.4. The van der Waals surface area contributed by atoms with Gasteiger partial charge in [-0.15, -0.1) is 0 Å². The van der Waals surface area contributed by atoms with Crippen LogP contribution >= 0.6 is 0 Å². The molecular formula is C22H27N3O. The van der Waals surface area contributed by atoms with Gasteiger partial charge in [-0.2, -0.15) is 0 Å². The Morgan fingerprint density at radius 2 is 2.00 bits per heavy atom. The number of amides is 1. The van der Waals surface area contributed by atoms with E-state index in [0.29, 0.717) is 6.42 Å². The lowest BCUT2D eigenvalue weighted by Crippen LogP contribution is -2.27. The summed E-state index contributed by atoms with van der Waals surface area (Å²) >= 11 is 0. The van der Waals surface area contributed by atoms with Crippen molar-refractivity contribution in [3.63, 3.8) is 0 Å². The topological polar surface area (TPSA) is 57.8 Å². The van der Waals surface area contributed by atoms with Crippen molar-refractivity contribution >= 4 is 16.9 Å². The second-order valence-corrected chi connectivity index (χ2v) is 7.04. The summed E-state index contributed by atoms with van der Waals surface area (Å²) in [5, 5.41) is 3.12. The Hall–Kier alpha value is -2.62. The van der Waals surface area contributed by atoms with Crippen LogP contribution in [-0.2, 0) is 17.6 Å². The number of aryl methyl sites for hydroxylation is 4. The van der Waals surface area contributed by atoms with Gasteiger partial charge in [0, 0.05) is 12.8 Å². The lowest BCUT2D eigenvalue weighted by atomic mass is 10.00. The zero-order valence-corrected chi connectivity index (χ0v) is 16.0. The van der Waals surface area contributed by atoms with Crippen LogP contribution in [0.25, 0.3) is 11.0 Å². The minimum absolute atomic E-state index is 0.0188. The molecule has 26 heavy (non-hydrogen) atoms. The molecule has 0 radical (unpaired) electrons. The van der Waals surface area contributed by atoms with Crippen LogP contribution in [0.15, 0.2) is 36.4 Å². The van der Waals surface area contributed by atoms with Crippen molar-refractivity contribution in [3.05, 3.63) is 64.5 Å². The first-order valence-corrected chi connectivity index (χ1v) is 9.30. The highest BCUT2D eigenvalue weighted by atomic mass is 16.1. The van der Waals surface area contributed by atoms with E-state index in [4.69, 9.17) is 0 Å². The number of fused-ring (bicyclic) bond motifs is 1. The fraction of sp³-hybridized carbons (Fsp3) is 0.364. The summed E-state index contributed by atoms with van der Waals surface area (Å²) in [4.78, 5) is 20.2. The van der Waals surface area contributed by atoms with Crippen LogP contribution in [0.5, 0.6) is 0 Å². The van der Waals surface area contributed by atoms with Crippen LogP contribution in [-0.4, -0.2) is 15.9 Å². The van der Waals surface area contributed by atoms with Crippen LogP contribution in [0.1, 0.15) is 54.4 Å². The number of aromatic amines is 1. The third-order valence-corrected chi connectivity index (χ3v) is 4.84. The Labute approximate surface area is 155 Å². The summed E-state index contributed by atoms with van der Waals surface area (Å²) in [5.74, 6) is 1.08. The van der Waals surface area contributed by atoms with E-state index in [1.165, 1.54) is 16.7 Å². The maximum Gasteiger partial charge on any atom is 0.220 e. The molecule has 1 atom stereocenters. The van der Waals surface area contributed by atoms with Crippen LogP contribution in [0, 0.1) is 13.8 Å². The number of nitrogens with zero attached hydrogens (tertiary/aromatic N) is 1. The Morgan fingerprint density at radius 3 is 2.73 bits per heavy atom. The fourth-order valence-electron chi connectivity index (χ4n) is 3.39. The Balaban J connectivity index is 1.59. The second-order valence-electron chi connectivity index (χ2n) is 7.04. The van der Waals surface area contributed by atoms with Crippen LogP contribution in [0.2, 0.25) is 0 Å². The summed E-state index contributed by atoms with van der Waals surface area (Å²) in [5.41, 5.74) is 6.81. The van der Waals surface area contributed by atoms with Gasteiger partial charge in [0.2, 0.25) is 5.91 Å². The number of aromatic nitrogens is 2. The monoisotopic (exact) mass is 349 g/mol. The normalized spacial score (nSPS) is 12.3. The van der Waals surface area contributed by atoms with E-state index in [9.17, 15) is 4.79 Å². The van der Waals surface area contributed by atoms with Crippen LogP contribution in [0.4, 0.5) is 0 Å². The first kappa shape index (κ1) is 18.2. The van der Waals surface area contributed by atoms with E-state index in [2.05, 4.69) is 66.4 Å². The predicted molar refractivity (Wildman–Crippen MR) is 106 cm³/mol. The molecule has 0 bridgehead atoms. The van der Waals surface area contributed by atoms with E-state index < -0.39 is 0 Å². The number of imidazole rings is 1. The van der Waals surface area contributed by atoms with Gasteiger partial charge in [0.05, 0.1) is 17.1 Å². The van der Waals surface area contributed by atoms with Gasteiger partial charge in [0.15, 0.2) is 0 Å². The van der Waals surface area contributed by atoms with Crippen molar-refractivity contribution in [1.82, 2.24) is 15.3 Å². The number of benzene rings is 2. The lowest BCUT2D eigenvalue weighted by Gasteiger charge is -2.17. The van der Waals surface area contributed by atoms with Gasteiger partial charge in [-0.25, -0.2) is 4.98 Å². The molecule has 3 rings (SSSR count). The Kier molecular flexibility index (Phi) is 5.40. The molecule has 3 aromatic rings. The Morgan fingerprint density at radius 1 is 1.19 bits per heavy atom. The minimum Gasteiger partial charge on any atom is -0.350 e. The zero-order valence-electron chi connectivity index (χ0n) is 16.0. The van der Waals surface area contributed by atoms with Crippen LogP contribution in [0.3, 0.4) is 0 Å². The van der Waals surface area contributed by atoms with Gasteiger partial charge in [-0.1, -0.05) is 36.8 Å². The second kappa shape index (κ2) is 7.73. The van der Waals surface area contributed by atoms with E-state index in [1.54, 1.807) is 0 Å². The molecule has 0 saturated carbocycles. The van der Waals surface area contributed by atoms with E-state index in [1.807, 2.05) is 13.0 Å². The van der Waals surface area contributed by atoms with Crippen molar-refractivity contribution in [1.29, 1.82) is 0 Å². The summed E-state index contributed by atoms with van der Waals surface area (Å²) in [6.45, 7) is 8.30. The number of hydrogen-bond donors (Lipinski definition) is 2. The number of rotatable bonds is 6. The van der Waals surface area contributed by atoms with Crippen molar-refractivity contribution in [2.75, 3.05) is 0 Å². The molecule has 0 aliphatic rings. The molecule has 1 heterocycles. The molecule has 2 N–H and O–H groups in total. The molecule has 1 unspecified atom stereocenters. The van der Waals surface area contributed by atoms with Crippen LogP contribution < -0.4 is 5.32 Å². The summed E-state index contributed by atoms with van der Waals surface area (Å²) in [6.07, 6.45) is 2.10. The SMILES string of the molecule is CCc1nc2ccc(CCC(=O)NC(C)c3ccc(C)cc3C)cc2[nH]1. The molecule has 0 aliphatic heterocycles. The quantitative estimate of drug-likeness (QED) is 0.686. The Bertz CT molecular complexity index is 926. The molecule has 1 aromatic heterocycles. The smallest absolute Gasteiger partial charge is 0.220 e. The number of hydrogen-bond acceptors (Lipinski definition) is 2. The predicted octanol–water partition coefficient (Wildman–Crippen LogP) is 4.55. The molecule has 1 amide bonds. The molecule has 0 saturated heterocycles. The van der Waals surface area contributed by atoms with Crippen molar-refractivity contribution in [2.24, 2.45) is 0 Å². The summed E-state index contributed by atoms with van der Waals surface area (Å²) in [6, 6.07) is 12.6. The average Bonchev–Trinajstić information content (AvgIpc) is 3.02. The van der Waals surface area contributed by atoms with E-state index in [0.717, 1.165) is 35.3 Å². The number of nitrogens with one attached hydrogen (secondary N) is 2. The van der Waals surface area contributed by atoms with Gasteiger partial charge in [-0.05, 0) is 56.0 Å². The van der Waals surface area contributed by atoms with Crippen molar-refractivity contribution < 1.29 is 4.79 Å². The van der Waals surface area contributed by atoms with Crippen molar-refractivity contribution in [2.45, 2.75) is 53.0 Å². The first-order chi connectivity index (χ1) is 12.5. The number of carbonyl (C=O) groups excluding carboxylic acids is 1. The zero-order chi connectivity index (χ0) is 18.7. The molecule has 0 fully saturated rings. The standard InChI is InChI=1S/C22H27N3O/c1-5-21-24-19-10-7-17(13-20(19)25-21)8-11-22(26)23-16(4)18-9-6-14(2)12-15(18)3/h6-7,9-10,12-13,16H,5,8,11H2,1-4H3,(H,23,26)(H,24,25). The molecule has 0 aliphatic carbocycles. The maximum absolute atomic E-state index is 12.4. The van der Waals surface area contributed by atoms with Gasteiger partial charge >= 0.3 is 0 Å². The molecule has 4 nitrogen and oxygen atoms in total. The van der Waals surface area contributed by atoms with Gasteiger partial charge < -0.3 is 10.3 Å². The molecule has 0 spiro atoms. The molecule has 2 aromatic carbocycles. The minimum atomic E-state index is 0.0188. The van der Waals surface area contributed by atoms with Gasteiger partial charge in [0.1, 0.15) is 5.82 Å². The highest BCUT2D eigenvalue weighted by molar-refractivity contribution is 5.78. The summed E-state index contributed by atoms with van der Waals surface area (Å²) in [7, 11) is 0. The number of H-pyrrole nitrogens is 1. The molecule has 4 heteroatoms.